The maximum Gasteiger partial charge on any atom is 0.243 e. The third-order valence-electron chi connectivity index (χ3n) is 3.31. The van der Waals surface area contributed by atoms with E-state index in [4.69, 9.17) is 10.5 Å². The Labute approximate surface area is 119 Å². The first-order valence-electron chi connectivity index (χ1n) is 6.95. The Kier molecular flexibility index (Phi) is 5.53. The van der Waals surface area contributed by atoms with Crippen molar-refractivity contribution in [3.8, 4) is 0 Å². The average molecular weight is 302 g/mol. The number of nitrogens with zero attached hydrogens (tertiary/aromatic N) is 2. The summed E-state index contributed by atoms with van der Waals surface area (Å²) in [6.45, 7) is 2.09. The van der Waals surface area contributed by atoms with Gasteiger partial charge in [0.25, 0.3) is 0 Å². The van der Waals surface area contributed by atoms with Crippen molar-refractivity contribution < 1.29 is 13.2 Å². The number of sulfonamides is 1. The fourth-order valence-corrected chi connectivity index (χ4v) is 3.21. The first-order valence-corrected chi connectivity index (χ1v) is 8.44. The third kappa shape index (κ3) is 4.27. The van der Waals surface area contributed by atoms with E-state index >= 15 is 0 Å². The van der Waals surface area contributed by atoms with E-state index in [9.17, 15) is 8.42 Å². The summed E-state index contributed by atoms with van der Waals surface area (Å²) < 4.78 is 33.8. The van der Waals surface area contributed by atoms with Crippen molar-refractivity contribution in [2.24, 2.45) is 5.73 Å². The Morgan fingerprint density at radius 2 is 2.35 bits per heavy atom. The summed E-state index contributed by atoms with van der Waals surface area (Å²) in [5, 5.41) is 3.96. The lowest BCUT2D eigenvalue weighted by Gasteiger charge is -2.22. The molecule has 0 aromatic carbocycles. The largest absolute Gasteiger partial charge is 0.378 e. The predicted molar refractivity (Wildman–Crippen MR) is 74.7 cm³/mol. The van der Waals surface area contributed by atoms with Gasteiger partial charge in [-0.05, 0) is 25.7 Å². The van der Waals surface area contributed by atoms with Crippen molar-refractivity contribution in [1.29, 1.82) is 0 Å². The highest BCUT2D eigenvalue weighted by atomic mass is 32.2. The summed E-state index contributed by atoms with van der Waals surface area (Å²) in [4.78, 5) is 0.176. The molecule has 8 heteroatoms. The monoisotopic (exact) mass is 302 g/mol. The molecule has 1 aliphatic rings. The summed E-state index contributed by atoms with van der Waals surface area (Å²) >= 11 is 0. The van der Waals surface area contributed by atoms with E-state index in [1.165, 1.54) is 17.1 Å². The molecule has 20 heavy (non-hydrogen) atoms. The zero-order valence-corrected chi connectivity index (χ0v) is 12.3. The van der Waals surface area contributed by atoms with Crippen LogP contribution in [0.3, 0.4) is 0 Å². The summed E-state index contributed by atoms with van der Waals surface area (Å²) in [5.41, 5.74) is 5.40. The van der Waals surface area contributed by atoms with Crippen LogP contribution in [0.1, 0.15) is 25.7 Å². The Bertz CT molecular complexity index is 509. The number of hydrogen-bond acceptors (Lipinski definition) is 5. The highest BCUT2D eigenvalue weighted by molar-refractivity contribution is 7.89. The van der Waals surface area contributed by atoms with Gasteiger partial charge in [0.15, 0.2) is 0 Å². The Morgan fingerprint density at radius 3 is 3.05 bits per heavy atom. The number of nitrogens with two attached hydrogens (primary N) is 1. The van der Waals surface area contributed by atoms with Crippen LogP contribution in [0.4, 0.5) is 0 Å². The van der Waals surface area contributed by atoms with Gasteiger partial charge in [0, 0.05) is 25.9 Å². The number of nitrogens with one attached hydrogen (secondary N) is 1. The number of ether oxygens (including phenoxy) is 1. The van der Waals surface area contributed by atoms with Gasteiger partial charge in [0.1, 0.15) is 4.90 Å². The third-order valence-corrected chi connectivity index (χ3v) is 4.73. The first-order chi connectivity index (χ1) is 9.62. The van der Waals surface area contributed by atoms with E-state index in [-0.39, 0.29) is 11.0 Å². The smallest absolute Gasteiger partial charge is 0.243 e. The van der Waals surface area contributed by atoms with Gasteiger partial charge < -0.3 is 10.5 Å². The fourth-order valence-electron chi connectivity index (χ4n) is 2.21. The molecule has 1 unspecified atom stereocenters. The second-order valence-corrected chi connectivity index (χ2v) is 6.67. The number of rotatable bonds is 7. The lowest BCUT2D eigenvalue weighted by Crippen LogP contribution is -2.29. The average Bonchev–Trinajstić information content (AvgIpc) is 2.90. The van der Waals surface area contributed by atoms with Crippen molar-refractivity contribution in [2.75, 3.05) is 19.7 Å². The molecule has 1 fully saturated rings. The second kappa shape index (κ2) is 7.16. The van der Waals surface area contributed by atoms with E-state index in [1.807, 2.05) is 0 Å². The van der Waals surface area contributed by atoms with E-state index in [2.05, 4.69) is 9.82 Å². The minimum absolute atomic E-state index is 0.173. The molecular formula is C12H22N4O3S. The Balaban J connectivity index is 1.83. The molecule has 1 aromatic rings. The van der Waals surface area contributed by atoms with E-state index in [0.717, 1.165) is 25.9 Å². The van der Waals surface area contributed by atoms with Crippen LogP contribution in [0.5, 0.6) is 0 Å². The summed E-state index contributed by atoms with van der Waals surface area (Å²) in [6, 6.07) is 0. The molecule has 3 N–H and O–H groups in total. The zero-order valence-electron chi connectivity index (χ0n) is 11.5. The Morgan fingerprint density at radius 1 is 1.50 bits per heavy atom. The van der Waals surface area contributed by atoms with Crippen LogP contribution in [0.2, 0.25) is 0 Å². The van der Waals surface area contributed by atoms with Gasteiger partial charge in [-0.2, -0.15) is 5.10 Å². The topological polar surface area (TPSA) is 99.2 Å². The van der Waals surface area contributed by atoms with E-state index in [0.29, 0.717) is 26.1 Å². The first kappa shape index (κ1) is 15.4. The standard InChI is InChI=1S/C12H22N4O3S/c13-5-7-16-10-12(9-14-16)20(17,18)15-6-4-11-3-1-2-8-19-11/h9-11,15H,1-8,13H2. The molecule has 1 saturated heterocycles. The quantitative estimate of drug-likeness (QED) is 0.743. The van der Waals surface area contributed by atoms with E-state index in [1.54, 1.807) is 0 Å². The maximum atomic E-state index is 12.1. The zero-order chi connectivity index (χ0) is 14.4. The van der Waals surface area contributed by atoms with Crippen molar-refractivity contribution in [3.05, 3.63) is 12.4 Å². The van der Waals surface area contributed by atoms with Gasteiger partial charge in [-0.15, -0.1) is 0 Å². The summed E-state index contributed by atoms with van der Waals surface area (Å²) in [5.74, 6) is 0. The summed E-state index contributed by atoms with van der Waals surface area (Å²) in [6.07, 6.45) is 6.98. The molecule has 1 aliphatic heterocycles. The molecule has 2 rings (SSSR count). The van der Waals surface area contributed by atoms with Gasteiger partial charge in [0.2, 0.25) is 10.0 Å². The van der Waals surface area contributed by atoms with E-state index < -0.39 is 10.0 Å². The predicted octanol–water partition coefficient (Wildman–Crippen LogP) is 0.0793. The molecule has 0 aliphatic carbocycles. The minimum Gasteiger partial charge on any atom is -0.378 e. The Hall–Kier alpha value is -0.960. The van der Waals surface area contributed by atoms with Gasteiger partial charge in [-0.1, -0.05) is 0 Å². The second-order valence-electron chi connectivity index (χ2n) is 4.90. The van der Waals surface area contributed by atoms with Crippen LogP contribution in [0.15, 0.2) is 17.3 Å². The van der Waals surface area contributed by atoms with Crippen LogP contribution < -0.4 is 10.5 Å². The van der Waals surface area contributed by atoms with Gasteiger partial charge >= 0.3 is 0 Å². The molecule has 7 nitrogen and oxygen atoms in total. The molecule has 1 atom stereocenters. The van der Waals surface area contributed by atoms with Gasteiger partial charge in [-0.3, -0.25) is 4.68 Å². The van der Waals surface area contributed by atoms with Crippen molar-refractivity contribution >= 4 is 10.0 Å². The SMILES string of the molecule is NCCn1cc(S(=O)(=O)NCCC2CCCCO2)cn1. The van der Waals surface area contributed by atoms with Crippen molar-refractivity contribution in [2.45, 2.75) is 43.2 Å². The van der Waals surface area contributed by atoms with Crippen LogP contribution in [-0.4, -0.2) is 44.0 Å². The normalized spacial score (nSPS) is 20.1. The molecule has 2 heterocycles. The molecular weight excluding hydrogens is 280 g/mol. The van der Waals surface area contributed by atoms with Gasteiger partial charge in [-0.25, -0.2) is 13.1 Å². The molecule has 0 spiro atoms. The molecule has 0 amide bonds. The number of aromatic nitrogens is 2. The van der Waals surface area contributed by atoms with Gasteiger partial charge in [0.05, 0.1) is 18.8 Å². The minimum atomic E-state index is -3.49. The lowest BCUT2D eigenvalue weighted by molar-refractivity contribution is 0.0123. The van der Waals surface area contributed by atoms with Crippen molar-refractivity contribution in [3.63, 3.8) is 0 Å². The van der Waals surface area contributed by atoms with Crippen LogP contribution in [0, 0.1) is 0 Å². The molecule has 0 bridgehead atoms. The lowest BCUT2D eigenvalue weighted by atomic mass is 10.1. The maximum absolute atomic E-state index is 12.1. The molecule has 1 aromatic heterocycles. The highest BCUT2D eigenvalue weighted by Gasteiger charge is 2.18. The highest BCUT2D eigenvalue weighted by Crippen LogP contribution is 2.15. The van der Waals surface area contributed by atoms with Crippen molar-refractivity contribution in [1.82, 2.24) is 14.5 Å². The van der Waals surface area contributed by atoms with Crippen LogP contribution >= 0.6 is 0 Å². The fraction of sp³-hybridized carbons (Fsp3) is 0.750. The number of hydrogen-bond donors (Lipinski definition) is 2. The van der Waals surface area contributed by atoms with Crippen LogP contribution in [-0.2, 0) is 21.3 Å². The summed E-state index contributed by atoms with van der Waals surface area (Å²) in [7, 11) is -3.49. The molecule has 0 saturated carbocycles. The van der Waals surface area contributed by atoms with Crippen LogP contribution in [0.25, 0.3) is 0 Å². The molecule has 114 valence electrons. The molecule has 0 radical (unpaired) electrons.